The van der Waals surface area contributed by atoms with E-state index in [9.17, 15) is 0 Å². The Labute approximate surface area is 124 Å². The topological polar surface area (TPSA) is 29.9 Å². The Morgan fingerprint density at radius 3 is 2.75 bits per heavy atom. The summed E-state index contributed by atoms with van der Waals surface area (Å²) in [5.41, 5.74) is 1.18. The first kappa shape index (κ1) is 15.6. The number of hydrogen-bond acceptors (Lipinski definition) is 2. The fourth-order valence-electron chi connectivity index (χ4n) is 3.37. The first-order valence-corrected chi connectivity index (χ1v) is 8.58. The number of rotatable bonds is 9. The average Bonchev–Trinajstić information content (AvgIpc) is 3.12. The van der Waals surface area contributed by atoms with Crippen LogP contribution in [0.5, 0.6) is 0 Å². The van der Waals surface area contributed by atoms with E-state index in [2.05, 4.69) is 41.2 Å². The van der Waals surface area contributed by atoms with Crippen molar-refractivity contribution in [2.45, 2.75) is 77.8 Å². The van der Waals surface area contributed by atoms with E-state index in [1.54, 1.807) is 0 Å². The quantitative estimate of drug-likeness (QED) is 0.682. The lowest BCUT2D eigenvalue weighted by Crippen LogP contribution is -2.16. The van der Waals surface area contributed by atoms with Gasteiger partial charge in [-0.15, -0.1) is 0 Å². The molecule has 1 aromatic heterocycles. The average molecular weight is 277 g/mol. The van der Waals surface area contributed by atoms with Crippen LogP contribution >= 0.6 is 0 Å². The van der Waals surface area contributed by atoms with Crippen LogP contribution in [0, 0.1) is 5.92 Å². The minimum Gasteiger partial charge on any atom is -0.311 e. The summed E-state index contributed by atoms with van der Waals surface area (Å²) < 4.78 is 2.13. The first-order valence-electron chi connectivity index (χ1n) is 8.58. The van der Waals surface area contributed by atoms with Gasteiger partial charge in [-0.2, -0.15) is 5.10 Å². The highest BCUT2D eigenvalue weighted by molar-refractivity contribution is 4.99. The zero-order valence-electron chi connectivity index (χ0n) is 13.3. The van der Waals surface area contributed by atoms with E-state index in [-0.39, 0.29) is 0 Å². The Bertz CT molecular complexity index is 362. The molecule has 0 atom stereocenters. The fourth-order valence-corrected chi connectivity index (χ4v) is 3.37. The largest absolute Gasteiger partial charge is 0.311 e. The molecule has 20 heavy (non-hydrogen) atoms. The summed E-state index contributed by atoms with van der Waals surface area (Å²) in [5, 5.41) is 8.22. The van der Waals surface area contributed by atoms with Crippen LogP contribution in [0.15, 0.2) is 12.3 Å². The van der Waals surface area contributed by atoms with Crippen molar-refractivity contribution in [1.82, 2.24) is 15.1 Å². The maximum Gasteiger partial charge on any atom is 0.0762 e. The smallest absolute Gasteiger partial charge is 0.0762 e. The molecule has 0 saturated heterocycles. The summed E-state index contributed by atoms with van der Waals surface area (Å²) in [7, 11) is 0. The third-order valence-corrected chi connectivity index (χ3v) is 4.73. The first-order chi connectivity index (χ1) is 9.83. The molecule has 0 amide bonds. The van der Waals surface area contributed by atoms with Gasteiger partial charge in [0.25, 0.3) is 0 Å². The molecule has 0 spiro atoms. The van der Waals surface area contributed by atoms with E-state index < -0.39 is 0 Å². The Hall–Kier alpha value is -0.830. The van der Waals surface area contributed by atoms with Gasteiger partial charge < -0.3 is 5.32 Å². The normalized spacial score (nSPS) is 16.4. The van der Waals surface area contributed by atoms with Crippen molar-refractivity contribution in [1.29, 1.82) is 0 Å². The molecule has 3 nitrogen and oxygen atoms in total. The van der Waals surface area contributed by atoms with Crippen LogP contribution < -0.4 is 5.32 Å². The third kappa shape index (κ3) is 4.62. The molecule has 2 rings (SSSR count). The fraction of sp³-hybridized carbons (Fsp3) is 0.824. The molecule has 1 N–H and O–H groups in total. The number of nitrogens with zero attached hydrogens (tertiary/aromatic N) is 2. The highest BCUT2D eigenvalue weighted by atomic mass is 15.3. The van der Waals surface area contributed by atoms with Gasteiger partial charge in [0.2, 0.25) is 0 Å². The van der Waals surface area contributed by atoms with Gasteiger partial charge in [-0.05, 0) is 44.2 Å². The number of hydrogen-bond donors (Lipinski definition) is 1. The minimum absolute atomic E-state index is 0.561. The van der Waals surface area contributed by atoms with Crippen molar-refractivity contribution in [3.8, 4) is 0 Å². The van der Waals surface area contributed by atoms with Crippen LogP contribution in [0.4, 0.5) is 0 Å². The Kier molecular flexibility index (Phi) is 6.58. The van der Waals surface area contributed by atoms with Crippen molar-refractivity contribution < 1.29 is 0 Å². The summed E-state index contributed by atoms with van der Waals surface area (Å²) in [6, 6.07) is 2.72. The van der Waals surface area contributed by atoms with E-state index in [0.717, 1.165) is 31.8 Å². The lowest BCUT2D eigenvalue weighted by molar-refractivity contribution is 0.423. The summed E-state index contributed by atoms with van der Waals surface area (Å²) in [5.74, 6) is 1.02. The molecule has 0 aromatic carbocycles. The molecule has 0 radical (unpaired) electrons. The Morgan fingerprint density at radius 2 is 2.05 bits per heavy atom. The van der Waals surface area contributed by atoms with Gasteiger partial charge in [-0.25, -0.2) is 0 Å². The SMILES string of the molecule is CCC(CC)n1ccc(CNCCCC2CCCC2)n1. The van der Waals surface area contributed by atoms with Gasteiger partial charge in [-0.3, -0.25) is 4.68 Å². The molecule has 1 saturated carbocycles. The number of nitrogens with one attached hydrogen (secondary N) is 1. The van der Waals surface area contributed by atoms with Crippen LogP contribution in [-0.2, 0) is 6.54 Å². The maximum atomic E-state index is 4.68. The second-order valence-electron chi connectivity index (χ2n) is 6.23. The van der Waals surface area contributed by atoms with Crippen molar-refractivity contribution in [3.63, 3.8) is 0 Å². The standard InChI is InChI=1S/C17H31N3/c1-3-17(4-2)20-13-11-16(19-20)14-18-12-7-10-15-8-5-6-9-15/h11,13,15,17-18H,3-10,12,14H2,1-2H3. The molecule has 1 aliphatic rings. The molecule has 1 heterocycles. The van der Waals surface area contributed by atoms with E-state index in [0.29, 0.717) is 6.04 Å². The zero-order chi connectivity index (χ0) is 14.2. The van der Waals surface area contributed by atoms with Crippen molar-refractivity contribution in [3.05, 3.63) is 18.0 Å². The van der Waals surface area contributed by atoms with Gasteiger partial charge in [0, 0.05) is 12.7 Å². The van der Waals surface area contributed by atoms with Crippen LogP contribution in [0.2, 0.25) is 0 Å². The highest BCUT2D eigenvalue weighted by Crippen LogP contribution is 2.28. The van der Waals surface area contributed by atoms with Gasteiger partial charge in [-0.1, -0.05) is 39.5 Å². The molecule has 0 unspecified atom stereocenters. The lowest BCUT2D eigenvalue weighted by Gasteiger charge is -2.12. The van der Waals surface area contributed by atoms with Crippen LogP contribution in [0.3, 0.4) is 0 Å². The summed E-state index contributed by atoms with van der Waals surface area (Å²) >= 11 is 0. The van der Waals surface area contributed by atoms with Gasteiger partial charge >= 0.3 is 0 Å². The monoisotopic (exact) mass is 277 g/mol. The predicted octanol–water partition coefficient (Wildman–Crippen LogP) is 4.30. The highest BCUT2D eigenvalue weighted by Gasteiger charge is 2.13. The van der Waals surface area contributed by atoms with E-state index in [4.69, 9.17) is 0 Å². The summed E-state index contributed by atoms with van der Waals surface area (Å²) in [6.07, 6.45) is 13.1. The van der Waals surface area contributed by atoms with Crippen molar-refractivity contribution in [2.24, 2.45) is 5.92 Å². The second kappa shape index (κ2) is 8.46. The molecule has 0 bridgehead atoms. The van der Waals surface area contributed by atoms with Crippen LogP contribution in [0.1, 0.15) is 76.9 Å². The Balaban J connectivity index is 1.61. The maximum absolute atomic E-state index is 4.68. The van der Waals surface area contributed by atoms with Gasteiger partial charge in [0.1, 0.15) is 0 Å². The Morgan fingerprint density at radius 1 is 1.30 bits per heavy atom. The van der Waals surface area contributed by atoms with E-state index in [1.165, 1.54) is 44.2 Å². The van der Waals surface area contributed by atoms with Crippen LogP contribution in [0.25, 0.3) is 0 Å². The predicted molar refractivity (Wildman–Crippen MR) is 84.7 cm³/mol. The third-order valence-electron chi connectivity index (χ3n) is 4.73. The molecular formula is C17H31N3. The molecule has 1 fully saturated rings. The van der Waals surface area contributed by atoms with Gasteiger partial charge in [0.15, 0.2) is 0 Å². The minimum atomic E-state index is 0.561. The van der Waals surface area contributed by atoms with Crippen molar-refractivity contribution in [2.75, 3.05) is 6.54 Å². The summed E-state index contributed by atoms with van der Waals surface area (Å²) in [4.78, 5) is 0. The van der Waals surface area contributed by atoms with E-state index in [1.807, 2.05) is 0 Å². The van der Waals surface area contributed by atoms with E-state index >= 15 is 0 Å². The van der Waals surface area contributed by atoms with Crippen LogP contribution in [-0.4, -0.2) is 16.3 Å². The van der Waals surface area contributed by atoms with Gasteiger partial charge in [0.05, 0.1) is 11.7 Å². The molecule has 1 aliphatic carbocycles. The molecular weight excluding hydrogens is 246 g/mol. The lowest BCUT2D eigenvalue weighted by atomic mass is 10.0. The second-order valence-corrected chi connectivity index (χ2v) is 6.23. The molecule has 0 aliphatic heterocycles. The summed E-state index contributed by atoms with van der Waals surface area (Å²) in [6.45, 7) is 6.51. The number of aromatic nitrogens is 2. The zero-order valence-corrected chi connectivity index (χ0v) is 13.3. The van der Waals surface area contributed by atoms with Crippen molar-refractivity contribution >= 4 is 0 Å². The molecule has 1 aromatic rings. The molecule has 114 valence electrons. The molecule has 3 heteroatoms.